The lowest BCUT2D eigenvalue weighted by atomic mass is 10.0. The van der Waals surface area contributed by atoms with E-state index >= 15 is 0 Å². The van der Waals surface area contributed by atoms with E-state index in [9.17, 15) is 5.11 Å². The highest BCUT2D eigenvalue weighted by molar-refractivity contribution is 9.11. The number of hydrogen-bond acceptors (Lipinski definition) is 1. The summed E-state index contributed by atoms with van der Waals surface area (Å²) in [4.78, 5) is 0. The van der Waals surface area contributed by atoms with E-state index < -0.39 is 6.10 Å². The Hall–Kier alpha value is -0.120. The number of halogens is 2. The molecule has 0 aliphatic heterocycles. The minimum absolute atomic E-state index is 0.466. The Morgan fingerprint density at radius 2 is 1.87 bits per heavy atom. The maximum Gasteiger partial charge on any atom is 0.0827 e. The van der Waals surface area contributed by atoms with Crippen molar-refractivity contribution in [3.05, 3.63) is 44.9 Å². The van der Waals surface area contributed by atoms with Crippen LogP contribution in [0.25, 0.3) is 0 Å². The van der Waals surface area contributed by atoms with Gasteiger partial charge in [0.25, 0.3) is 0 Å². The number of hydrogen-bond donors (Lipinski definition) is 1. The summed E-state index contributed by atoms with van der Waals surface area (Å²) in [5, 5.41) is 9.97. The van der Waals surface area contributed by atoms with E-state index in [-0.39, 0.29) is 0 Å². The molecule has 1 N–H and O–H groups in total. The summed E-state index contributed by atoms with van der Waals surface area (Å²) in [6.07, 6.45) is 1.07. The monoisotopic (exact) mass is 332 g/mol. The first-order chi connectivity index (χ1) is 7.02. The van der Waals surface area contributed by atoms with Crippen LogP contribution in [0.15, 0.2) is 39.3 Å². The average Bonchev–Trinajstić information content (AvgIpc) is 2.16. The Kier molecular flexibility index (Phi) is 5.03. The van der Waals surface area contributed by atoms with Crippen LogP contribution in [0, 0.1) is 0 Å². The molecule has 0 saturated carbocycles. The Balaban J connectivity index is 2.81. The quantitative estimate of drug-likeness (QED) is 0.798. The third-order valence-corrected chi connectivity index (χ3v) is 3.17. The third-order valence-electron chi connectivity index (χ3n) is 2.25. The number of aliphatic hydroxyl groups excluding tert-OH is 1. The predicted octanol–water partition coefficient (Wildman–Crippen LogP) is 4.60. The maximum atomic E-state index is 9.97. The van der Waals surface area contributed by atoms with Crippen molar-refractivity contribution >= 4 is 31.9 Å². The van der Waals surface area contributed by atoms with E-state index in [0.29, 0.717) is 6.42 Å². The van der Waals surface area contributed by atoms with Crippen molar-refractivity contribution in [3.8, 4) is 0 Å². The lowest BCUT2D eigenvalue weighted by molar-refractivity contribution is 0.177. The van der Waals surface area contributed by atoms with E-state index in [0.717, 1.165) is 26.5 Å². The van der Waals surface area contributed by atoms with Crippen LogP contribution in [0.4, 0.5) is 0 Å². The van der Waals surface area contributed by atoms with Gasteiger partial charge in [0, 0.05) is 8.95 Å². The highest BCUT2D eigenvalue weighted by Gasteiger charge is 2.09. The van der Waals surface area contributed by atoms with Crippen LogP contribution in [-0.2, 0) is 0 Å². The molecular formula is C12H14Br2O. The van der Waals surface area contributed by atoms with Gasteiger partial charge < -0.3 is 5.11 Å². The van der Waals surface area contributed by atoms with Crippen molar-refractivity contribution in [1.29, 1.82) is 0 Å². The predicted molar refractivity (Wildman–Crippen MR) is 70.8 cm³/mol. The molecule has 1 aromatic rings. The first-order valence-electron chi connectivity index (χ1n) is 4.83. The van der Waals surface area contributed by atoms with Gasteiger partial charge in [-0.1, -0.05) is 50.9 Å². The van der Waals surface area contributed by atoms with Crippen molar-refractivity contribution in [2.75, 3.05) is 0 Å². The fourth-order valence-corrected chi connectivity index (χ4v) is 2.63. The van der Waals surface area contributed by atoms with Gasteiger partial charge in [0.2, 0.25) is 0 Å². The van der Waals surface area contributed by atoms with Gasteiger partial charge >= 0.3 is 0 Å². The van der Waals surface area contributed by atoms with E-state index in [1.807, 2.05) is 25.1 Å². The second-order valence-electron chi connectivity index (χ2n) is 3.53. The molecule has 0 aliphatic carbocycles. The molecule has 3 heteroatoms. The smallest absolute Gasteiger partial charge is 0.0827 e. The molecule has 0 amide bonds. The van der Waals surface area contributed by atoms with Gasteiger partial charge in [-0.3, -0.25) is 0 Å². The molecular weight excluding hydrogens is 320 g/mol. The molecule has 1 aromatic carbocycles. The van der Waals surface area contributed by atoms with Crippen molar-refractivity contribution in [2.45, 2.75) is 25.9 Å². The topological polar surface area (TPSA) is 20.2 Å². The van der Waals surface area contributed by atoms with Crippen molar-refractivity contribution in [2.24, 2.45) is 0 Å². The first-order valence-corrected chi connectivity index (χ1v) is 6.42. The van der Waals surface area contributed by atoms with Crippen molar-refractivity contribution < 1.29 is 5.11 Å². The lowest BCUT2D eigenvalue weighted by Crippen LogP contribution is -1.98. The molecule has 0 spiro atoms. The largest absolute Gasteiger partial charge is 0.388 e. The molecule has 0 radical (unpaired) electrons. The minimum atomic E-state index is -0.466. The summed E-state index contributed by atoms with van der Waals surface area (Å²) in [5.41, 5.74) is 1.98. The molecule has 1 atom stereocenters. The summed E-state index contributed by atoms with van der Waals surface area (Å²) >= 11 is 6.80. The fraction of sp³-hybridized carbons (Fsp3) is 0.333. The average molecular weight is 334 g/mol. The molecule has 1 rings (SSSR count). The van der Waals surface area contributed by atoms with Crippen molar-refractivity contribution in [3.63, 3.8) is 0 Å². The second-order valence-corrected chi connectivity index (χ2v) is 5.36. The van der Waals surface area contributed by atoms with Crippen LogP contribution < -0.4 is 0 Å². The number of rotatable bonds is 4. The Morgan fingerprint density at radius 1 is 1.33 bits per heavy atom. The molecule has 0 aromatic heterocycles. The molecule has 0 heterocycles. The molecule has 1 unspecified atom stereocenters. The second kappa shape index (κ2) is 5.83. The zero-order valence-electron chi connectivity index (χ0n) is 8.63. The van der Waals surface area contributed by atoms with Gasteiger partial charge in [0.05, 0.1) is 6.10 Å². The van der Waals surface area contributed by atoms with Gasteiger partial charge in [-0.25, -0.2) is 0 Å². The molecule has 0 saturated heterocycles. The van der Waals surface area contributed by atoms with Crippen LogP contribution in [0.1, 0.15) is 31.4 Å². The standard InChI is InChI=1S/C12H14Br2O/c1-3-8(2)4-12(15)9-5-10(13)7-11(14)6-9/h5-7,12,15H,2-4H2,1H3. The summed E-state index contributed by atoms with van der Waals surface area (Å²) < 4.78 is 1.93. The zero-order chi connectivity index (χ0) is 11.4. The van der Waals surface area contributed by atoms with Gasteiger partial charge in [-0.05, 0) is 36.6 Å². The van der Waals surface area contributed by atoms with Crippen LogP contribution in [0.3, 0.4) is 0 Å². The maximum absolute atomic E-state index is 9.97. The van der Waals surface area contributed by atoms with E-state index in [4.69, 9.17) is 0 Å². The normalized spacial score (nSPS) is 12.5. The summed E-state index contributed by atoms with van der Waals surface area (Å²) in [5.74, 6) is 0. The number of benzene rings is 1. The minimum Gasteiger partial charge on any atom is -0.388 e. The van der Waals surface area contributed by atoms with Crippen LogP contribution in [0.5, 0.6) is 0 Å². The van der Waals surface area contributed by atoms with Crippen LogP contribution in [-0.4, -0.2) is 5.11 Å². The van der Waals surface area contributed by atoms with Gasteiger partial charge in [-0.2, -0.15) is 0 Å². The van der Waals surface area contributed by atoms with E-state index in [1.165, 1.54) is 0 Å². The van der Waals surface area contributed by atoms with Gasteiger partial charge in [-0.15, -0.1) is 0 Å². The number of aliphatic hydroxyl groups is 1. The summed E-state index contributed by atoms with van der Waals surface area (Å²) in [6.45, 7) is 5.95. The molecule has 82 valence electrons. The Bertz CT molecular complexity index is 340. The molecule has 0 aliphatic rings. The Labute approximate surface area is 107 Å². The third kappa shape index (κ3) is 4.09. The highest BCUT2D eigenvalue weighted by atomic mass is 79.9. The first kappa shape index (κ1) is 12.9. The van der Waals surface area contributed by atoms with Crippen LogP contribution >= 0.6 is 31.9 Å². The highest BCUT2D eigenvalue weighted by Crippen LogP contribution is 2.27. The van der Waals surface area contributed by atoms with Gasteiger partial charge in [0.1, 0.15) is 0 Å². The fourth-order valence-electron chi connectivity index (χ4n) is 1.30. The van der Waals surface area contributed by atoms with Gasteiger partial charge in [0.15, 0.2) is 0 Å². The molecule has 1 nitrogen and oxygen atoms in total. The van der Waals surface area contributed by atoms with Crippen molar-refractivity contribution in [1.82, 2.24) is 0 Å². The Morgan fingerprint density at radius 3 is 2.33 bits per heavy atom. The van der Waals surface area contributed by atoms with E-state index in [1.54, 1.807) is 0 Å². The zero-order valence-corrected chi connectivity index (χ0v) is 11.8. The summed E-state index contributed by atoms with van der Waals surface area (Å²) in [7, 11) is 0. The molecule has 15 heavy (non-hydrogen) atoms. The molecule has 0 bridgehead atoms. The summed E-state index contributed by atoms with van der Waals surface area (Å²) in [6, 6.07) is 5.81. The SMILES string of the molecule is C=C(CC)CC(O)c1cc(Br)cc(Br)c1. The lowest BCUT2D eigenvalue weighted by Gasteiger charge is -2.12. The van der Waals surface area contributed by atoms with E-state index in [2.05, 4.69) is 38.4 Å². The van der Waals surface area contributed by atoms with Crippen LogP contribution in [0.2, 0.25) is 0 Å². The molecule has 0 fully saturated rings.